The Morgan fingerprint density at radius 1 is 1.44 bits per heavy atom. The van der Waals surface area contributed by atoms with Crippen LogP contribution >= 0.6 is 0 Å². The maximum atomic E-state index is 5.88. The molecule has 1 aromatic carbocycles. The number of nitrogens with zero attached hydrogens (tertiary/aromatic N) is 3. The van der Waals surface area contributed by atoms with Crippen LogP contribution in [0.2, 0.25) is 0 Å². The van der Waals surface area contributed by atoms with Crippen molar-refractivity contribution in [1.29, 1.82) is 0 Å². The van der Waals surface area contributed by atoms with Gasteiger partial charge in [0.25, 0.3) is 0 Å². The second-order valence-corrected chi connectivity index (χ2v) is 4.62. The van der Waals surface area contributed by atoms with E-state index in [1.807, 2.05) is 6.20 Å². The predicted octanol–water partition coefficient (Wildman–Crippen LogP) is 1.13. The molecule has 0 saturated carbocycles. The van der Waals surface area contributed by atoms with E-state index in [0.717, 1.165) is 37.0 Å². The Bertz CT molecular complexity index is 568. The first-order chi connectivity index (χ1) is 8.83. The van der Waals surface area contributed by atoms with Gasteiger partial charge in [-0.05, 0) is 24.5 Å². The van der Waals surface area contributed by atoms with Crippen molar-refractivity contribution in [3.05, 3.63) is 30.0 Å². The predicted molar refractivity (Wildman–Crippen MR) is 72.5 cm³/mol. The van der Waals surface area contributed by atoms with Crippen molar-refractivity contribution in [2.75, 3.05) is 19.6 Å². The molecule has 0 bridgehead atoms. The van der Waals surface area contributed by atoms with E-state index >= 15 is 0 Å². The number of hydrogen-bond acceptors (Lipinski definition) is 2. The van der Waals surface area contributed by atoms with Gasteiger partial charge in [-0.25, -0.2) is 0 Å². The highest BCUT2D eigenvalue weighted by Gasteiger charge is 2.14. The summed E-state index contributed by atoms with van der Waals surface area (Å²) in [5.74, 6) is 0.684. The number of aromatic nitrogens is 2. The van der Waals surface area contributed by atoms with E-state index in [1.54, 1.807) is 0 Å². The second kappa shape index (κ2) is 4.68. The normalized spacial score (nSPS) is 16.0. The number of H-pyrrole nitrogens is 1. The summed E-state index contributed by atoms with van der Waals surface area (Å²) in [7, 11) is 0. The van der Waals surface area contributed by atoms with Gasteiger partial charge >= 0.3 is 0 Å². The van der Waals surface area contributed by atoms with Crippen LogP contribution in [0, 0.1) is 0 Å². The third-order valence-electron chi connectivity index (χ3n) is 3.36. The highest BCUT2D eigenvalue weighted by molar-refractivity contribution is 5.79. The van der Waals surface area contributed by atoms with Crippen molar-refractivity contribution in [3.63, 3.8) is 0 Å². The van der Waals surface area contributed by atoms with Gasteiger partial charge in [0.1, 0.15) is 0 Å². The van der Waals surface area contributed by atoms with Crippen LogP contribution in [-0.4, -0.2) is 40.7 Å². The number of likely N-dealkylation sites (tertiary alicyclic amines) is 1. The molecule has 1 aliphatic heterocycles. The van der Waals surface area contributed by atoms with Gasteiger partial charge in [-0.3, -0.25) is 10.1 Å². The standard InChI is InChI=1S/C13H17N5/c14-13(18-6-1-7-18)15-5-4-10-2-3-11-9-16-17-12(11)8-10/h2-3,8-9H,1,4-7H2,(H2,14,15)(H,16,17). The molecular weight excluding hydrogens is 226 g/mol. The Hall–Kier alpha value is -2.04. The molecule has 1 saturated heterocycles. The summed E-state index contributed by atoms with van der Waals surface area (Å²) in [4.78, 5) is 6.51. The Balaban J connectivity index is 1.61. The van der Waals surface area contributed by atoms with Gasteiger partial charge < -0.3 is 10.6 Å². The van der Waals surface area contributed by atoms with Crippen LogP contribution in [0.25, 0.3) is 10.9 Å². The quantitative estimate of drug-likeness (QED) is 0.627. The Morgan fingerprint density at radius 3 is 3.11 bits per heavy atom. The average Bonchev–Trinajstić information content (AvgIpc) is 2.73. The first-order valence-corrected chi connectivity index (χ1v) is 6.30. The van der Waals surface area contributed by atoms with Crippen molar-refractivity contribution < 1.29 is 0 Å². The maximum Gasteiger partial charge on any atom is 0.191 e. The summed E-state index contributed by atoms with van der Waals surface area (Å²) in [5.41, 5.74) is 8.21. The monoisotopic (exact) mass is 243 g/mol. The summed E-state index contributed by atoms with van der Waals surface area (Å²) in [6.45, 7) is 2.84. The van der Waals surface area contributed by atoms with Crippen molar-refractivity contribution >= 4 is 16.9 Å². The molecule has 3 N–H and O–H groups in total. The lowest BCUT2D eigenvalue weighted by Gasteiger charge is -2.31. The van der Waals surface area contributed by atoms with Crippen LogP contribution < -0.4 is 5.73 Å². The number of aliphatic imine (C=N–C) groups is 1. The van der Waals surface area contributed by atoms with Gasteiger partial charge in [0.2, 0.25) is 0 Å². The Labute approximate surface area is 106 Å². The molecule has 0 unspecified atom stereocenters. The lowest BCUT2D eigenvalue weighted by molar-refractivity contribution is 0.296. The van der Waals surface area contributed by atoms with E-state index in [1.165, 1.54) is 12.0 Å². The maximum absolute atomic E-state index is 5.88. The number of guanidine groups is 1. The molecule has 18 heavy (non-hydrogen) atoms. The summed E-state index contributed by atoms with van der Waals surface area (Å²) in [6, 6.07) is 6.32. The topological polar surface area (TPSA) is 70.3 Å². The number of nitrogens with two attached hydrogens (primary N) is 1. The van der Waals surface area contributed by atoms with E-state index < -0.39 is 0 Å². The minimum absolute atomic E-state index is 0.684. The molecule has 5 nitrogen and oxygen atoms in total. The van der Waals surface area contributed by atoms with E-state index in [2.05, 4.69) is 38.3 Å². The van der Waals surface area contributed by atoms with Gasteiger partial charge in [0.05, 0.1) is 11.7 Å². The van der Waals surface area contributed by atoms with Crippen molar-refractivity contribution in [1.82, 2.24) is 15.1 Å². The first-order valence-electron chi connectivity index (χ1n) is 6.30. The van der Waals surface area contributed by atoms with Gasteiger partial charge in [0.15, 0.2) is 5.96 Å². The largest absolute Gasteiger partial charge is 0.370 e. The Morgan fingerprint density at radius 2 is 2.33 bits per heavy atom. The second-order valence-electron chi connectivity index (χ2n) is 4.62. The zero-order valence-electron chi connectivity index (χ0n) is 10.3. The van der Waals surface area contributed by atoms with Crippen LogP contribution in [0.3, 0.4) is 0 Å². The number of benzene rings is 1. The summed E-state index contributed by atoms with van der Waals surface area (Å²) < 4.78 is 0. The van der Waals surface area contributed by atoms with Gasteiger partial charge in [-0.1, -0.05) is 12.1 Å². The summed E-state index contributed by atoms with van der Waals surface area (Å²) in [5, 5.41) is 8.13. The van der Waals surface area contributed by atoms with Gasteiger partial charge in [-0.15, -0.1) is 0 Å². The molecule has 0 spiro atoms. The smallest absolute Gasteiger partial charge is 0.191 e. The van der Waals surface area contributed by atoms with Gasteiger partial charge in [-0.2, -0.15) is 5.10 Å². The number of hydrogen-bond donors (Lipinski definition) is 2. The van der Waals surface area contributed by atoms with Crippen molar-refractivity contribution in [2.45, 2.75) is 12.8 Å². The molecule has 1 aliphatic rings. The summed E-state index contributed by atoms with van der Waals surface area (Å²) >= 11 is 0. The molecule has 1 aromatic heterocycles. The van der Waals surface area contributed by atoms with Crippen molar-refractivity contribution in [2.24, 2.45) is 10.7 Å². The fraction of sp³-hybridized carbons (Fsp3) is 0.385. The molecule has 3 rings (SSSR count). The lowest BCUT2D eigenvalue weighted by atomic mass is 10.1. The van der Waals surface area contributed by atoms with Crippen LogP contribution in [-0.2, 0) is 6.42 Å². The highest BCUT2D eigenvalue weighted by Crippen LogP contribution is 2.13. The van der Waals surface area contributed by atoms with Crippen molar-refractivity contribution in [3.8, 4) is 0 Å². The number of nitrogens with one attached hydrogen (secondary N) is 1. The molecule has 0 radical (unpaired) electrons. The van der Waals surface area contributed by atoms with Crippen LogP contribution in [0.5, 0.6) is 0 Å². The van der Waals surface area contributed by atoms with Crippen LogP contribution in [0.1, 0.15) is 12.0 Å². The fourth-order valence-corrected chi connectivity index (χ4v) is 2.08. The molecular formula is C13H17N5. The molecule has 0 amide bonds. The molecule has 2 aromatic rings. The minimum atomic E-state index is 0.684. The van der Waals surface area contributed by atoms with E-state index in [0.29, 0.717) is 5.96 Å². The van der Waals surface area contributed by atoms with E-state index in [9.17, 15) is 0 Å². The fourth-order valence-electron chi connectivity index (χ4n) is 2.08. The molecule has 0 aliphatic carbocycles. The average molecular weight is 243 g/mol. The number of rotatable bonds is 3. The van der Waals surface area contributed by atoms with E-state index in [-0.39, 0.29) is 0 Å². The van der Waals surface area contributed by atoms with Gasteiger partial charge in [0, 0.05) is 25.0 Å². The third-order valence-corrected chi connectivity index (χ3v) is 3.36. The zero-order valence-corrected chi connectivity index (χ0v) is 10.3. The molecule has 94 valence electrons. The number of fused-ring (bicyclic) bond motifs is 1. The molecule has 2 heterocycles. The number of aromatic amines is 1. The molecule has 5 heteroatoms. The summed E-state index contributed by atoms with van der Waals surface area (Å²) in [6.07, 6.45) is 3.97. The van der Waals surface area contributed by atoms with Crippen LogP contribution in [0.15, 0.2) is 29.4 Å². The minimum Gasteiger partial charge on any atom is -0.370 e. The SMILES string of the molecule is NC(=NCCc1ccc2cn[nH]c2c1)N1CCC1. The highest BCUT2D eigenvalue weighted by atomic mass is 15.3. The zero-order chi connectivity index (χ0) is 12.4. The first kappa shape index (κ1) is 11.1. The third kappa shape index (κ3) is 2.16. The molecule has 0 atom stereocenters. The van der Waals surface area contributed by atoms with E-state index in [4.69, 9.17) is 5.73 Å². The van der Waals surface area contributed by atoms with Crippen LogP contribution in [0.4, 0.5) is 0 Å². The molecule has 1 fully saturated rings. The Kier molecular flexibility index (Phi) is 2.88. The lowest BCUT2D eigenvalue weighted by Crippen LogP contribution is -2.46.